The lowest BCUT2D eigenvalue weighted by atomic mass is 9.48. The summed E-state index contributed by atoms with van der Waals surface area (Å²) >= 11 is 0. The van der Waals surface area contributed by atoms with Crippen LogP contribution in [-0.2, 0) is 38.1 Å². The fourth-order valence-corrected chi connectivity index (χ4v) is 10.6. The minimum Gasteiger partial charge on any atom is -0.461 e. The second kappa shape index (κ2) is 21.5. The Morgan fingerprint density at radius 1 is 0.912 bits per heavy atom. The molecule has 1 aliphatic heterocycles. The fourth-order valence-electron chi connectivity index (χ4n) is 10.6. The van der Waals surface area contributed by atoms with Crippen molar-refractivity contribution in [2.24, 2.45) is 16.7 Å². The van der Waals surface area contributed by atoms with Gasteiger partial charge in [-0.1, -0.05) is 62.4 Å². The van der Waals surface area contributed by atoms with E-state index in [1.54, 1.807) is 97.0 Å². The molecule has 1 saturated heterocycles. The van der Waals surface area contributed by atoms with Crippen LogP contribution >= 0.6 is 0 Å². The van der Waals surface area contributed by atoms with E-state index in [-0.39, 0.29) is 49.2 Å². The lowest BCUT2D eigenvalue weighted by Gasteiger charge is -2.61. The molecule has 68 heavy (non-hydrogen) atoms. The molecule has 1 heterocycles. The van der Waals surface area contributed by atoms with Crippen LogP contribution in [0.2, 0.25) is 0 Å². The van der Waals surface area contributed by atoms with Crippen LogP contribution in [0.5, 0.6) is 0 Å². The zero-order valence-electron chi connectivity index (χ0n) is 40.6. The van der Waals surface area contributed by atoms with E-state index in [1.165, 1.54) is 12.1 Å². The van der Waals surface area contributed by atoms with Gasteiger partial charge >= 0.3 is 24.0 Å². The minimum atomic E-state index is -2.25. The van der Waals surface area contributed by atoms with Crippen LogP contribution in [0, 0.1) is 16.7 Å². The Balaban J connectivity index is 1.41. The molecule has 3 aliphatic carbocycles. The molecule has 2 aromatic rings. The van der Waals surface area contributed by atoms with E-state index in [0.29, 0.717) is 18.5 Å². The highest BCUT2D eigenvalue weighted by molar-refractivity contribution is 5.94. The van der Waals surface area contributed by atoms with Crippen LogP contribution in [0.25, 0.3) is 0 Å². The first kappa shape index (κ1) is 52.6. The first-order chi connectivity index (χ1) is 32.0. The standard InChI is InChI=1S/C51H71N3O14/c1-31-36(65-46(61)42(58)40(32-16-11-9-12-17-32)52-47(62)68-48(2,3)4)30-51(63)44(67-45(60)33-18-13-10-14-19-33)35-28-34(64-27-26-55)29-37(50(35,7)43(59)41(57)39(31)49(51,5)6)66-38(56)20-15-21-54-24-22-53(8)23-25-54/h9-14,16-19,34-37,40-42,44,55,57-58,63H,15,20-30H2,1-8H3,(H,52,62)/t34-,35?,36-,37-,40-,41+,42+,44-,50-,51+/m0/s1. The van der Waals surface area contributed by atoms with Crippen molar-refractivity contribution in [3.8, 4) is 0 Å². The number of carbonyl (C=O) groups excluding carboxylic acids is 5. The van der Waals surface area contributed by atoms with Gasteiger partial charge in [0.1, 0.15) is 35.6 Å². The fraction of sp³-hybridized carbons (Fsp3) is 0.627. The zero-order valence-corrected chi connectivity index (χ0v) is 40.6. The molecule has 5 N–H and O–H groups in total. The summed E-state index contributed by atoms with van der Waals surface area (Å²) in [6.45, 7) is 15.1. The summed E-state index contributed by atoms with van der Waals surface area (Å²) in [6.07, 6.45) is -9.96. The van der Waals surface area contributed by atoms with Gasteiger partial charge in [0, 0.05) is 56.8 Å². The molecule has 1 unspecified atom stereocenters. The summed E-state index contributed by atoms with van der Waals surface area (Å²) in [6, 6.07) is 14.9. The smallest absolute Gasteiger partial charge is 0.408 e. The largest absolute Gasteiger partial charge is 0.461 e. The van der Waals surface area contributed by atoms with Gasteiger partial charge in [-0.05, 0) is 89.9 Å². The number of piperazine rings is 1. The Hall–Kier alpha value is -4.75. The van der Waals surface area contributed by atoms with Gasteiger partial charge < -0.3 is 59.2 Å². The number of ketones is 1. The molecule has 0 aromatic heterocycles. The van der Waals surface area contributed by atoms with Crippen LogP contribution in [0.1, 0.15) is 103 Å². The maximum atomic E-state index is 15.4. The number of carbonyl (C=O) groups is 5. The Labute approximate surface area is 399 Å². The Morgan fingerprint density at radius 3 is 2.16 bits per heavy atom. The molecule has 10 atom stereocenters. The molecular formula is C51H71N3O14. The number of alkyl carbamates (subject to hydrolysis) is 1. The summed E-state index contributed by atoms with van der Waals surface area (Å²) in [5.41, 5.74) is -5.87. The summed E-state index contributed by atoms with van der Waals surface area (Å²) in [5, 5.41) is 50.3. The molecule has 1 amide bonds. The predicted octanol–water partition coefficient (Wildman–Crippen LogP) is 3.91. The van der Waals surface area contributed by atoms with Gasteiger partial charge in [0.05, 0.1) is 36.3 Å². The van der Waals surface area contributed by atoms with Gasteiger partial charge in [-0.3, -0.25) is 9.59 Å². The highest BCUT2D eigenvalue weighted by Crippen LogP contribution is 2.60. The second-order valence-corrected chi connectivity index (χ2v) is 20.5. The van der Waals surface area contributed by atoms with E-state index in [9.17, 15) is 39.6 Å². The molecule has 374 valence electrons. The maximum Gasteiger partial charge on any atom is 0.408 e. The number of amides is 1. The average molecular weight is 950 g/mol. The van der Waals surface area contributed by atoms with E-state index < -0.39 is 107 Å². The van der Waals surface area contributed by atoms with E-state index in [1.807, 2.05) is 0 Å². The van der Waals surface area contributed by atoms with E-state index in [0.717, 1.165) is 26.2 Å². The molecule has 0 radical (unpaired) electrons. The minimum absolute atomic E-state index is 0.00704. The van der Waals surface area contributed by atoms with Crippen molar-refractivity contribution >= 4 is 29.8 Å². The summed E-state index contributed by atoms with van der Waals surface area (Å²) < 4.78 is 30.3. The van der Waals surface area contributed by atoms with Crippen molar-refractivity contribution in [1.82, 2.24) is 15.1 Å². The Bertz CT molecular complexity index is 2140. The monoisotopic (exact) mass is 949 g/mol. The van der Waals surface area contributed by atoms with E-state index in [2.05, 4.69) is 22.2 Å². The van der Waals surface area contributed by atoms with Gasteiger partial charge in [0.15, 0.2) is 11.9 Å². The van der Waals surface area contributed by atoms with Crippen LogP contribution in [0.4, 0.5) is 4.79 Å². The molecule has 3 fully saturated rings. The van der Waals surface area contributed by atoms with Crippen molar-refractivity contribution in [1.29, 1.82) is 0 Å². The molecule has 0 spiro atoms. The number of likely N-dealkylation sites (N-methyl/N-ethyl adjacent to an activating group) is 1. The van der Waals surface area contributed by atoms with Crippen molar-refractivity contribution in [3.05, 3.63) is 82.9 Å². The number of Topliss-reactive ketones (excluding diaryl/α,β-unsaturated/α-hetero) is 1. The zero-order chi connectivity index (χ0) is 49.8. The number of ether oxygens (including phenoxy) is 5. The predicted molar refractivity (Wildman–Crippen MR) is 248 cm³/mol. The van der Waals surface area contributed by atoms with Crippen molar-refractivity contribution in [2.75, 3.05) is 53.0 Å². The van der Waals surface area contributed by atoms with Crippen molar-refractivity contribution in [3.63, 3.8) is 0 Å². The third-order valence-corrected chi connectivity index (χ3v) is 14.5. The van der Waals surface area contributed by atoms with Gasteiger partial charge in [-0.2, -0.15) is 0 Å². The number of rotatable bonds is 15. The normalized spacial score (nSPS) is 29.6. The quantitative estimate of drug-likeness (QED) is 0.0969. The lowest BCUT2D eigenvalue weighted by molar-refractivity contribution is -0.234. The van der Waals surface area contributed by atoms with E-state index in [4.69, 9.17) is 23.7 Å². The van der Waals surface area contributed by atoms with Crippen LogP contribution in [0.3, 0.4) is 0 Å². The van der Waals surface area contributed by atoms with Gasteiger partial charge in [0.25, 0.3) is 0 Å². The summed E-state index contributed by atoms with van der Waals surface area (Å²) in [7, 11) is 2.06. The molecule has 6 rings (SSSR count). The third kappa shape index (κ3) is 11.3. The number of esters is 3. The number of nitrogens with one attached hydrogen (secondary N) is 1. The molecule has 2 aromatic carbocycles. The first-order valence-electron chi connectivity index (χ1n) is 23.7. The van der Waals surface area contributed by atoms with Gasteiger partial charge in [0.2, 0.25) is 0 Å². The third-order valence-electron chi connectivity index (χ3n) is 14.5. The molecule has 17 nitrogen and oxygen atoms in total. The second-order valence-electron chi connectivity index (χ2n) is 20.5. The first-order valence-corrected chi connectivity index (χ1v) is 23.7. The topological polar surface area (TPSA) is 231 Å². The highest BCUT2D eigenvalue weighted by atomic mass is 16.6. The Kier molecular flexibility index (Phi) is 16.6. The molecule has 2 bridgehead atoms. The number of hydrogen-bond donors (Lipinski definition) is 5. The molecule has 17 heteroatoms. The van der Waals surface area contributed by atoms with Gasteiger partial charge in [-0.25, -0.2) is 14.4 Å². The SMILES string of the molecule is CC1=C2[C@@H](O)C(=O)[C@@]3(C)C(C[C@H](OCCO)C[C@@H]3OC(=O)CCCN3CCN(C)CC3)[C@H](OC(=O)c3ccccc3)[C@](O)(C[C@@H]1OC(=O)[C@H](O)[C@@H](NC(=O)OC(C)(C)C)c1ccccc1)C2(C)C. The number of nitrogens with zero attached hydrogens (tertiary/aromatic N) is 2. The molecular weight excluding hydrogens is 879 g/mol. The summed E-state index contributed by atoms with van der Waals surface area (Å²) in [5.74, 6) is -4.62. The Morgan fingerprint density at radius 2 is 1.54 bits per heavy atom. The number of aliphatic hydroxyl groups excluding tert-OH is 3. The van der Waals surface area contributed by atoms with E-state index >= 15 is 4.79 Å². The number of fused-ring (bicyclic) bond motifs is 3. The molecule has 4 aliphatic rings. The van der Waals surface area contributed by atoms with Gasteiger partial charge in [-0.15, -0.1) is 0 Å². The number of aliphatic hydroxyl groups is 4. The average Bonchev–Trinajstić information content (AvgIpc) is 3.29. The molecule has 2 saturated carbocycles. The van der Waals surface area contributed by atoms with Crippen molar-refractivity contribution in [2.45, 2.75) is 134 Å². The maximum absolute atomic E-state index is 15.4. The van der Waals surface area contributed by atoms with Crippen LogP contribution in [-0.4, -0.2) is 161 Å². The summed E-state index contributed by atoms with van der Waals surface area (Å²) in [4.78, 5) is 75.4. The number of hydrogen-bond acceptors (Lipinski definition) is 16. The van der Waals surface area contributed by atoms with Crippen LogP contribution in [0.15, 0.2) is 71.8 Å². The van der Waals surface area contributed by atoms with Crippen LogP contribution < -0.4 is 5.32 Å². The highest BCUT2D eigenvalue weighted by Gasteiger charge is 2.70. The number of benzene rings is 2. The lowest BCUT2D eigenvalue weighted by Crippen LogP contribution is -2.71. The van der Waals surface area contributed by atoms with Crippen molar-refractivity contribution < 1.29 is 68.1 Å².